The second-order valence-electron chi connectivity index (χ2n) is 4.95. The van der Waals surface area contributed by atoms with Crippen LogP contribution < -0.4 is 10.1 Å². The molecule has 0 spiro atoms. The molecule has 1 saturated heterocycles. The minimum Gasteiger partial charge on any atom is -0.406 e. The van der Waals surface area contributed by atoms with Crippen LogP contribution in [0, 0.1) is 0 Å². The van der Waals surface area contributed by atoms with Crippen LogP contribution in [-0.2, 0) is 11.3 Å². The minimum absolute atomic E-state index is 0.194. The van der Waals surface area contributed by atoms with Crippen LogP contribution in [0.4, 0.5) is 13.2 Å². The van der Waals surface area contributed by atoms with E-state index < -0.39 is 6.36 Å². The Kier molecular flexibility index (Phi) is 5.44. The number of hydrogen-bond acceptors (Lipinski definition) is 4. The van der Waals surface area contributed by atoms with E-state index in [-0.39, 0.29) is 11.8 Å². The Bertz CT molecular complexity index is 435. The number of rotatable bonds is 5. The van der Waals surface area contributed by atoms with Gasteiger partial charge in [0.05, 0.1) is 13.2 Å². The monoisotopic (exact) mass is 304 g/mol. The van der Waals surface area contributed by atoms with Gasteiger partial charge in [0.15, 0.2) is 0 Å². The second-order valence-corrected chi connectivity index (χ2v) is 4.95. The van der Waals surface area contributed by atoms with E-state index in [4.69, 9.17) is 4.74 Å². The Morgan fingerprint density at radius 2 is 2.05 bits per heavy atom. The Hall–Kier alpha value is -1.31. The topological polar surface area (TPSA) is 33.7 Å². The van der Waals surface area contributed by atoms with Crippen molar-refractivity contribution in [2.24, 2.45) is 0 Å². The van der Waals surface area contributed by atoms with Crippen molar-refractivity contribution in [2.75, 3.05) is 33.4 Å². The highest BCUT2D eigenvalue weighted by Crippen LogP contribution is 2.23. The van der Waals surface area contributed by atoms with Crippen molar-refractivity contribution in [3.05, 3.63) is 29.8 Å². The summed E-state index contributed by atoms with van der Waals surface area (Å²) in [6.07, 6.45) is -4.65. The third-order valence-electron chi connectivity index (χ3n) is 3.33. The molecule has 0 saturated carbocycles. The maximum absolute atomic E-state index is 12.1. The molecular weight excluding hydrogens is 285 g/mol. The van der Waals surface area contributed by atoms with Gasteiger partial charge in [0, 0.05) is 25.7 Å². The normalized spacial score (nSPS) is 20.5. The summed E-state index contributed by atoms with van der Waals surface area (Å²) in [6.45, 7) is 3.65. The first-order valence-electron chi connectivity index (χ1n) is 6.79. The molecule has 0 aromatic heterocycles. The maximum atomic E-state index is 12.1. The number of morpholine rings is 1. The molecule has 21 heavy (non-hydrogen) atoms. The number of halogens is 3. The lowest BCUT2D eigenvalue weighted by molar-refractivity contribution is -0.274. The summed E-state index contributed by atoms with van der Waals surface area (Å²) < 4.78 is 45.6. The van der Waals surface area contributed by atoms with Crippen LogP contribution in [-0.4, -0.2) is 50.7 Å². The zero-order chi connectivity index (χ0) is 15.3. The smallest absolute Gasteiger partial charge is 0.406 e. The summed E-state index contributed by atoms with van der Waals surface area (Å²) in [5.74, 6) is -0.194. The van der Waals surface area contributed by atoms with Crippen molar-refractivity contribution >= 4 is 0 Å². The minimum atomic E-state index is -4.65. The molecule has 4 nitrogen and oxygen atoms in total. The zero-order valence-electron chi connectivity index (χ0n) is 11.8. The molecule has 1 heterocycles. The van der Waals surface area contributed by atoms with Gasteiger partial charge in [-0.15, -0.1) is 13.2 Å². The zero-order valence-corrected chi connectivity index (χ0v) is 11.8. The summed E-state index contributed by atoms with van der Waals surface area (Å²) >= 11 is 0. The fourth-order valence-corrected chi connectivity index (χ4v) is 2.35. The van der Waals surface area contributed by atoms with Crippen molar-refractivity contribution in [1.82, 2.24) is 10.2 Å². The Balaban J connectivity index is 1.95. The molecule has 1 fully saturated rings. The molecule has 1 aliphatic heterocycles. The average molecular weight is 304 g/mol. The fourth-order valence-electron chi connectivity index (χ4n) is 2.35. The molecule has 0 amide bonds. The number of alkyl halides is 3. The fraction of sp³-hybridized carbons (Fsp3) is 0.571. The molecule has 2 rings (SSSR count). The predicted octanol–water partition coefficient (Wildman–Crippen LogP) is 2.01. The Morgan fingerprint density at radius 3 is 2.67 bits per heavy atom. The summed E-state index contributed by atoms with van der Waals surface area (Å²) in [5, 5.41) is 3.12. The van der Waals surface area contributed by atoms with Crippen LogP contribution >= 0.6 is 0 Å². The van der Waals surface area contributed by atoms with Crippen molar-refractivity contribution in [3.63, 3.8) is 0 Å². The molecule has 1 aliphatic rings. The molecule has 1 aromatic rings. The quantitative estimate of drug-likeness (QED) is 0.902. The van der Waals surface area contributed by atoms with Gasteiger partial charge in [0.1, 0.15) is 5.75 Å². The number of ether oxygens (including phenoxy) is 2. The summed E-state index contributed by atoms with van der Waals surface area (Å²) in [6, 6.07) is 6.28. The van der Waals surface area contributed by atoms with E-state index >= 15 is 0 Å². The molecule has 7 heteroatoms. The van der Waals surface area contributed by atoms with Crippen molar-refractivity contribution < 1.29 is 22.6 Å². The van der Waals surface area contributed by atoms with Crippen LogP contribution in [0.5, 0.6) is 5.75 Å². The van der Waals surface area contributed by atoms with Gasteiger partial charge >= 0.3 is 6.36 Å². The molecule has 118 valence electrons. The lowest BCUT2D eigenvalue weighted by Crippen LogP contribution is -2.49. The molecule has 0 aliphatic carbocycles. The standard InChI is InChI=1S/C14H19F3N2O2/c1-18-8-12-10-20-7-6-19(12)9-11-2-4-13(5-3-11)21-14(15,16)17/h2-5,12,18H,6-10H2,1H3. The van der Waals surface area contributed by atoms with E-state index in [1.807, 2.05) is 7.05 Å². The van der Waals surface area contributed by atoms with E-state index in [0.717, 1.165) is 18.7 Å². The third kappa shape index (κ3) is 5.18. The van der Waals surface area contributed by atoms with E-state index in [1.165, 1.54) is 12.1 Å². The van der Waals surface area contributed by atoms with Crippen LogP contribution in [0.3, 0.4) is 0 Å². The predicted molar refractivity (Wildman–Crippen MR) is 72.1 cm³/mol. The van der Waals surface area contributed by atoms with E-state index in [1.54, 1.807) is 12.1 Å². The molecule has 1 unspecified atom stereocenters. The average Bonchev–Trinajstić information content (AvgIpc) is 2.42. The van der Waals surface area contributed by atoms with Gasteiger partial charge in [0.2, 0.25) is 0 Å². The van der Waals surface area contributed by atoms with Crippen molar-refractivity contribution in [3.8, 4) is 5.75 Å². The first-order chi connectivity index (χ1) is 9.98. The summed E-state index contributed by atoms with van der Waals surface area (Å²) in [4.78, 5) is 2.26. The number of likely N-dealkylation sites (N-methyl/N-ethyl adjacent to an activating group) is 1. The Morgan fingerprint density at radius 1 is 1.33 bits per heavy atom. The van der Waals surface area contributed by atoms with Crippen molar-refractivity contribution in [1.29, 1.82) is 0 Å². The van der Waals surface area contributed by atoms with Crippen molar-refractivity contribution in [2.45, 2.75) is 18.9 Å². The first-order valence-corrected chi connectivity index (χ1v) is 6.79. The Labute approximate surface area is 121 Å². The highest BCUT2D eigenvalue weighted by atomic mass is 19.4. The lowest BCUT2D eigenvalue weighted by Gasteiger charge is -2.35. The number of nitrogens with one attached hydrogen (secondary N) is 1. The summed E-state index contributed by atoms with van der Waals surface area (Å²) in [5.41, 5.74) is 0.951. The molecule has 1 atom stereocenters. The van der Waals surface area contributed by atoms with E-state index in [0.29, 0.717) is 19.8 Å². The SMILES string of the molecule is CNCC1COCCN1Cc1ccc(OC(F)(F)F)cc1. The number of benzene rings is 1. The number of nitrogens with zero attached hydrogens (tertiary/aromatic N) is 1. The van der Waals surface area contributed by atoms with Gasteiger partial charge in [0.25, 0.3) is 0 Å². The van der Waals surface area contributed by atoms with E-state index in [9.17, 15) is 13.2 Å². The lowest BCUT2D eigenvalue weighted by atomic mass is 10.1. The molecule has 0 bridgehead atoms. The van der Waals surface area contributed by atoms with Gasteiger partial charge in [-0.1, -0.05) is 12.1 Å². The van der Waals surface area contributed by atoms with Gasteiger partial charge in [-0.3, -0.25) is 4.90 Å². The van der Waals surface area contributed by atoms with E-state index in [2.05, 4.69) is 15.0 Å². The summed E-state index contributed by atoms with van der Waals surface area (Å²) in [7, 11) is 1.88. The highest BCUT2D eigenvalue weighted by molar-refractivity contribution is 5.27. The maximum Gasteiger partial charge on any atom is 0.573 e. The largest absolute Gasteiger partial charge is 0.573 e. The molecular formula is C14H19F3N2O2. The first kappa shape index (κ1) is 16.1. The molecule has 1 N–H and O–H groups in total. The van der Waals surface area contributed by atoms with Gasteiger partial charge < -0.3 is 14.8 Å². The van der Waals surface area contributed by atoms with Crippen LogP contribution in [0.2, 0.25) is 0 Å². The van der Waals surface area contributed by atoms with Crippen LogP contribution in [0.25, 0.3) is 0 Å². The third-order valence-corrected chi connectivity index (χ3v) is 3.33. The van der Waals surface area contributed by atoms with Crippen LogP contribution in [0.15, 0.2) is 24.3 Å². The number of hydrogen-bond donors (Lipinski definition) is 1. The van der Waals surface area contributed by atoms with Gasteiger partial charge in [-0.25, -0.2) is 0 Å². The molecule has 1 aromatic carbocycles. The molecule has 0 radical (unpaired) electrons. The van der Waals surface area contributed by atoms with Gasteiger partial charge in [-0.05, 0) is 24.7 Å². The highest BCUT2D eigenvalue weighted by Gasteiger charge is 2.31. The van der Waals surface area contributed by atoms with Crippen LogP contribution in [0.1, 0.15) is 5.56 Å². The second kappa shape index (κ2) is 7.11. The van der Waals surface area contributed by atoms with Gasteiger partial charge in [-0.2, -0.15) is 0 Å².